The Kier molecular flexibility index (Phi) is 1.79. The second-order valence-corrected chi connectivity index (χ2v) is 1.93. The number of aromatic nitrogens is 2. The van der Waals surface area contributed by atoms with Gasteiger partial charge in [0.1, 0.15) is 4.99 Å². The largest absolute Gasteiger partial charge is 0.376 e. The number of H-pyrrole nitrogens is 1. The molecule has 48 valence electrons. The highest BCUT2D eigenvalue weighted by molar-refractivity contribution is 7.80. The molecule has 0 aliphatic carbocycles. The maximum atomic E-state index is 4.87. The van der Waals surface area contributed by atoms with E-state index < -0.39 is 0 Å². The summed E-state index contributed by atoms with van der Waals surface area (Å²) in [6.45, 7) is 0. The maximum Gasteiger partial charge on any atom is 0.164 e. The highest BCUT2D eigenvalue weighted by atomic mass is 32.1. The van der Waals surface area contributed by atoms with Gasteiger partial charge in [-0.05, 0) is 0 Å². The zero-order valence-corrected chi connectivity index (χ0v) is 5.83. The molecule has 0 aromatic carbocycles. The molecule has 0 radical (unpaired) electrons. The molecule has 1 aromatic heterocycles. The first-order chi connectivity index (χ1) is 4.34. The van der Waals surface area contributed by atoms with E-state index in [-0.39, 0.29) is 0 Å². The number of nitrogens with zero attached hydrogens (tertiary/aromatic N) is 1. The van der Waals surface area contributed by atoms with E-state index in [1.807, 2.05) is 0 Å². The summed E-state index contributed by atoms with van der Waals surface area (Å²) in [7, 11) is 1.77. The molecular weight excluding hydrogens is 134 g/mol. The Morgan fingerprint density at radius 1 is 1.89 bits per heavy atom. The van der Waals surface area contributed by atoms with Crippen molar-refractivity contribution in [3.8, 4) is 0 Å². The molecule has 0 spiro atoms. The van der Waals surface area contributed by atoms with E-state index >= 15 is 0 Å². The van der Waals surface area contributed by atoms with Crippen molar-refractivity contribution < 1.29 is 0 Å². The Balaban J connectivity index is 2.77. The standard InChI is InChI=1S/C5H7N3S/c1-6-5(9)4-7-2-3-8-4/h2-3H,1H3,(H,6,9)(H,7,8). The Labute approximate surface area is 58.5 Å². The molecule has 1 rings (SSSR count). The summed E-state index contributed by atoms with van der Waals surface area (Å²) >= 11 is 4.87. The zero-order valence-electron chi connectivity index (χ0n) is 5.01. The topological polar surface area (TPSA) is 40.7 Å². The van der Waals surface area contributed by atoms with Crippen molar-refractivity contribution in [1.29, 1.82) is 0 Å². The Bertz CT molecular complexity index is 192. The minimum atomic E-state index is 0.639. The molecule has 0 aliphatic heterocycles. The van der Waals surface area contributed by atoms with E-state index in [4.69, 9.17) is 12.2 Å². The van der Waals surface area contributed by atoms with Gasteiger partial charge in [-0.15, -0.1) is 0 Å². The van der Waals surface area contributed by atoms with Crippen LogP contribution in [-0.4, -0.2) is 22.0 Å². The number of rotatable bonds is 1. The van der Waals surface area contributed by atoms with Crippen molar-refractivity contribution in [3.05, 3.63) is 18.2 Å². The van der Waals surface area contributed by atoms with E-state index in [0.717, 1.165) is 0 Å². The van der Waals surface area contributed by atoms with Crippen LogP contribution in [-0.2, 0) is 0 Å². The molecule has 0 atom stereocenters. The molecule has 0 saturated heterocycles. The maximum absolute atomic E-state index is 4.87. The molecule has 0 saturated carbocycles. The Morgan fingerprint density at radius 2 is 2.67 bits per heavy atom. The van der Waals surface area contributed by atoms with Gasteiger partial charge in [-0.2, -0.15) is 0 Å². The number of thiocarbonyl (C=S) groups is 1. The van der Waals surface area contributed by atoms with E-state index in [9.17, 15) is 0 Å². The second-order valence-electron chi connectivity index (χ2n) is 1.52. The van der Waals surface area contributed by atoms with Crippen LogP contribution in [0, 0.1) is 0 Å². The molecule has 0 bridgehead atoms. The number of nitrogens with one attached hydrogen (secondary N) is 2. The summed E-state index contributed by atoms with van der Waals surface area (Å²) in [5, 5.41) is 2.81. The van der Waals surface area contributed by atoms with Crippen molar-refractivity contribution in [3.63, 3.8) is 0 Å². The van der Waals surface area contributed by atoms with E-state index in [2.05, 4.69) is 15.3 Å². The van der Waals surface area contributed by atoms with Crippen LogP contribution in [0.2, 0.25) is 0 Å². The summed E-state index contributed by atoms with van der Waals surface area (Å²) in [6, 6.07) is 0. The van der Waals surface area contributed by atoms with Crippen LogP contribution >= 0.6 is 12.2 Å². The van der Waals surface area contributed by atoms with Gasteiger partial charge in [-0.1, -0.05) is 12.2 Å². The fraction of sp³-hybridized carbons (Fsp3) is 0.200. The van der Waals surface area contributed by atoms with E-state index in [1.54, 1.807) is 19.4 Å². The number of hydrogen-bond donors (Lipinski definition) is 2. The average molecular weight is 141 g/mol. The summed E-state index contributed by atoms with van der Waals surface area (Å²) in [5.41, 5.74) is 0. The highest BCUT2D eigenvalue weighted by Gasteiger charge is 1.96. The SMILES string of the molecule is CNC(=S)c1ncc[nH]1. The third-order valence-electron chi connectivity index (χ3n) is 0.940. The third-order valence-corrected chi connectivity index (χ3v) is 1.34. The molecule has 0 amide bonds. The fourth-order valence-electron chi connectivity index (χ4n) is 0.508. The number of hydrogen-bond acceptors (Lipinski definition) is 2. The molecule has 2 N–H and O–H groups in total. The van der Waals surface area contributed by atoms with Crippen LogP contribution in [0.3, 0.4) is 0 Å². The van der Waals surface area contributed by atoms with Crippen molar-refractivity contribution in [2.45, 2.75) is 0 Å². The zero-order chi connectivity index (χ0) is 6.69. The molecule has 0 unspecified atom stereocenters. The smallest absolute Gasteiger partial charge is 0.164 e. The predicted octanol–water partition coefficient (Wildman–Crippen LogP) is 0.305. The number of aromatic amines is 1. The molecular formula is C5H7N3S. The van der Waals surface area contributed by atoms with Gasteiger partial charge in [0, 0.05) is 19.4 Å². The first kappa shape index (κ1) is 6.22. The normalized spacial score (nSPS) is 9.00. The van der Waals surface area contributed by atoms with E-state index in [1.165, 1.54) is 0 Å². The molecule has 0 fully saturated rings. The highest BCUT2D eigenvalue weighted by Crippen LogP contribution is 1.87. The van der Waals surface area contributed by atoms with Crippen molar-refractivity contribution >= 4 is 17.2 Å². The van der Waals surface area contributed by atoms with Gasteiger partial charge in [0.25, 0.3) is 0 Å². The molecule has 1 heterocycles. The molecule has 0 aliphatic rings. The van der Waals surface area contributed by atoms with Crippen molar-refractivity contribution in [2.24, 2.45) is 0 Å². The van der Waals surface area contributed by atoms with Gasteiger partial charge in [0.05, 0.1) is 0 Å². The lowest BCUT2D eigenvalue weighted by atomic mass is 10.6. The lowest BCUT2D eigenvalue weighted by Gasteiger charge is -1.94. The van der Waals surface area contributed by atoms with Crippen LogP contribution in [0.25, 0.3) is 0 Å². The van der Waals surface area contributed by atoms with Crippen molar-refractivity contribution in [2.75, 3.05) is 7.05 Å². The third kappa shape index (κ3) is 1.26. The van der Waals surface area contributed by atoms with Gasteiger partial charge in [-0.3, -0.25) is 0 Å². The molecule has 9 heavy (non-hydrogen) atoms. The minimum Gasteiger partial charge on any atom is -0.376 e. The van der Waals surface area contributed by atoms with Crippen LogP contribution in [0.15, 0.2) is 12.4 Å². The Hall–Kier alpha value is -0.900. The summed E-state index contributed by atoms with van der Waals surface area (Å²) in [4.78, 5) is 7.44. The van der Waals surface area contributed by atoms with Crippen LogP contribution in [0.4, 0.5) is 0 Å². The predicted molar refractivity (Wildman–Crippen MR) is 39.3 cm³/mol. The summed E-state index contributed by atoms with van der Waals surface area (Å²) in [6.07, 6.45) is 3.40. The second kappa shape index (κ2) is 2.59. The van der Waals surface area contributed by atoms with Crippen LogP contribution < -0.4 is 5.32 Å². The summed E-state index contributed by atoms with van der Waals surface area (Å²) in [5.74, 6) is 0.715. The average Bonchev–Trinajstić information content (AvgIpc) is 2.37. The quantitative estimate of drug-likeness (QED) is 0.553. The molecule has 1 aromatic rings. The van der Waals surface area contributed by atoms with Crippen LogP contribution in [0.1, 0.15) is 5.82 Å². The van der Waals surface area contributed by atoms with Gasteiger partial charge in [0.2, 0.25) is 0 Å². The van der Waals surface area contributed by atoms with Gasteiger partial charge in [-0.25, -0.2) is 4.98 Å². The first-order valence-corrected chi connectivity index (χ1v) is 2.97. The van der Waals surface area contributed by atoms with Gasteiger partial charge >= 0.3 is 0 Å². The Morgan fingerprint density at radius 3 is 3.11 bits per heavy atom. The lowest BCUT2D eigenvalue weighted by molar-refractivity contribution is 1.15. The monoisotopic (exact) mass is 141 g/mol. The fourth-order valence-corrected chi connectivity index (χ4v) is 0.619. The van der Waals surface area contributed by atoms with Crippen LogP contribution in [0.5, 0.6) is 0 Å². The summed E-state index contributed by atoms with van der Waals surface area (Å²) < 4.78 is 0. The van der Waals surface area contributed by atoms with E-state index in [0.29, 0.717) is 10.8 Å². The van der Waals surface area contributed by atoms with Gasteiger partial charge in [0.15, 0.2) is 5.82 Å². The first-order valence-electron chi connectivity index (χ1n) is 2.56. The molecule has 3 nitrogen and oxygen atoms in total. The minimum absolute atomic E-state index is 0.639. The van der Waals surface area contributed by atoms with Gasteiger partial charge < -0.3 is 10.3 Å². The number of imidazole rings is 1. The van der Waals surface area contributed by atoms with Crippen molar-refractivity contribution in [1.82, 2.24) is 15.3 Å². The molecule has 4 heteroatoms. The lowest BCUT2D eigenvalue weighted by Crippen LogP contribution is -2.17.